The van der Waals surface area contributed by atoms with Gasteiger partial charge in [0.05, 0.1) is 6.54 Å². The molecule has 0 bridgehead atoms. The van der Waals surface area contributed by atoms with Crippen LogP contribution in [0.15, 0.2) is 60.7 Å². The zero-order valence-electron chi connectivity index (χ0n) is 32.3. The van der Waals surface area contributed by atoms with Gasteiger partial charge >= 0.3 is 6.09 Å². The molecular formula is C44H61N3O5. The lowest BCUT2D eigenvalue weighted by Crippen LogP contribution is -2.59. The maximum absolute atomic E-state index is 14.8. The van der Waals surface area contributed by atoms with E-state index >= 15 is 0 Å². The molecule has 0 aromatic heterocycles. The Kier molecular flexibility index (Phi) is 11.2. The molecule has 52 heavy (non-hydrogen) atoms. The van der Waals surface area contributed by atoms with Crippen molar-refractivity contribution in [2.45, 2.75) is 130 Å². The van der Waals surface area contributed by atoms with Crippen molar-refractivity contribution in [2.24, 2.45) is 40.4 Å². The number of hydrogen-bond acceptors (Lipinski definition) is 5. The highest BCUT2D eigenvalue weighted by Crippen LogP contribution is 2.67. The smallest absolute Gasteiger partial charge is 0.408 e. The Labute approximate surface area is 311 Å². The number of carbonyl (C=O) groups is 4. The van der Waals surface area contributed by atoms with Crippen LogP contribution in [-0.4, -0.2) is 52.8 Å². The number of benzene rings is 2. The summed E-state index contributed by atoms with van der Waals surface area (Å²) in [5.41, 5.74) is 1.47. The zero-order chi connectivity index (χ0) is 37.3. The van der Waals surface area contributed by atoms with Gasteiger partial charge in [-0.2, -0.15) is 0 Å². The van der Waals surface area contributed by atoms with Gasteiger partial charge in [0.25, 0.3) is 0 Å². The molecule has 9 atom stereocenters. The van der Waals surface area contributed by atoms with Crippen molar-refractivity contribution in [3.05, 3.63) is 71.8 Å². The summed E-state index contributed by atoms with van der Waals surface area (Å²) in [6.45, 7) is 12.4. The molecule has 2 aromatic carbocycles. The first kappa shape index (κ1) is 38.1. The molecular weight excluding hydrogens is 650 g/mol. The highest BCUT2D eigenvalue weighted by Gasteiger charge is 2.61. The van der Waals surface area contributed by atoms with Gasteiger partial charge in [0.1, 0.15) is 17.4 Å². The molecule has 2 aromatic rings. The van der Waals surface area contributed by atoms with Gasteiger partial charge in [-0.25, -0.2) is 4.79 Å². The molecule has 3 amide bonds. The first-order valence-electron chi connectivity index (χ1n) is 19.8. The number of rotatable bonds is 10. The van der Waals surface area contributed by atoms with Crippen molar-refractivity contribution in [3.63, 3.8) is 0 Å². The second kappa shape index (κ2) is 15.4. The first-order valence-corrected chi connectivity index (χ1v) is 19.8. The largest absolute Gasteiger partial charge is 0.444 e. The number of Topliss-reactive ketones (excluding diaryl/α,β-unsaturated/α-hetero) is 1. The average Bonchev–Trinajstić information content (AvgIpc) is 3.46. The van der Waals surface area contributed by atoms with Crippen LogP contribution < -0.4 is 10.6 Å². The lowest BCUT2D eigenvalue weighted by molar-refractivity contribution is -0.149. The van der Waals surface area contributed by atoms with E-state index in [4.69, 9.17) is 4.74 Å². The van der Waals surface area contributed by atoms with Gasteiger partial charge in [-0.1, -0.05) is 74.5 Å². The fourth-order valence-corrected chi connectivity index (χ4v) is 11.3. The summed E-state index contributed by atoms with van der Waals surface area (Å²) in [5.74, 6) is 2.43. The van der Waals surface area contributed by atoms with Crippen LogP contribution in [0.5, 0.6) is 0 Å². The maximum Gasteiger partial charge on any atom is 0.408 e. The number of amides is 3. The van der Waals surface area contributed by atoms with Gasteiger partial charge in [-0.15, -0.1) is 0 Å². The highest BCUT2D eigenvalue weighted by molar-refractivity contribution is 5.90. The minimum atomic E-state index is -0.893. The van der Waals surface area contributed by atoms with Crippen molar-refractivity contribution in [2.75, 3.05) is 6.54 Å². The van der Waals surface area contributed by atoms with Gasteiger partial charge in [-0.3, -0.25) is 14.4 Å². The molecule has 4 fully saturated rings. The molecule has 6 rings (SSSR count). The van der Waals surface area contributed by atoms with Crippen LogP contribution in [0.25, 0.3) is 0 Å². The van der Waals surface area contributed by atoms with Crippen LogP contribution >= 0.6 is 0 Å². The minimum absolute atomic E-state index is 0.0695. The Hall–Kier alpha value is -3.68. The summed E-state index contributed by atoms with van der Waals surface area (Å²) in [5, 5.41) is 5.95. The summed E-state index contributed by atoms with van der Waals surface area (Å²) >= 11 is 0. The summed E-state index contributed by atoms with van der Waals surface area (Å²) in [6.07, 6.45) is 9.08. The van der Waals surface area contributed by atoms with Crippen LogP contribution in [-0.2, 0) is 32.1 Å². The fourth-order valence-electron chi connectivity index (χ4n) is 11.3. The van der Waals surface area contributed by atoms with Gasteiger partial charge in [0, 0.05) is 24.9 Å². The normalized spacial score (nSPS) is 31.6. The maximum atomic E-state index is 14.8. The summed E-state index contributed by atoms with van der Waals surface area (Å²) in [7, 11) is 0. The molecule has 2 N–H and O–H groups in total. The lowest BCUT2D eigenvalue weighted by atomic mass is 9.44. The molecule has 0 heterocycles. The highest BCUT2D eigenvalue weighted by atomic mass is 16.6. The Morgan fingerprint density at radius 1 is 0.827 bits per heavy atom. The molecule has 8 heteroatoms. The van der Waals surface area contributed by atoms with Crippen molar-refractivity contribution >= 4 is 23.7 Å². The van der Waals surface area contributed by atoms with E-state index in [-0.39, 0.29) is 41.1 Å². The number of nitrogens with one attached hydrogen (secondary N) is 2. The average molecular weight is 712 g/mol. The predicted octanol–water partition coefficient (Wildman–Crippen LogP) is 7.88. The SMILES string of the molecule is CC(=O)[C@H]1CC[C@H]2[C@@H]3CC[C@H]4C[C@H](N(CC(=O)NCc5ccccc5)C(=O)[C@@H](Cc5ccccc5)NC(=O)OC(C)(C)C)CC[C@]4(C)[C@H]3CC[C@]12C. The predicted molar refractivity (Wildman–Crippen MR) is 203 cm³/mol. The number of fused-ring (bicyclic) bond motifs is 5. The number of ketones is 1. The number of carbonyl (C=O) groups excluding carboxylic acids is 4. The van der Waals surface area contributed by atoms with E-state index in [1.165, 1.54) is 19.3 Å². The second-order valence-electron chi connectivity index (χ2n) is 18.0. The Morgan fingerprint density at radius 3 is 2.12 bits per heavy atom. The van der Waals surface area contributed by atoms with Crippen LogP contribution in [0.4, 0.5) is 4.79 Å². The molecule has 0 aliphatic heterocycles. The number of nitrogens with zero attached hydrogens (tertiary/aromatic N) is 1. The topological polar surface area (TPSA) is 105 Å². The van der Waals surface area contributed by atoms with Crippen molar-refractivity contribution < 1.29 is 23.9 Å². The third-order valence-electron chi connectivity index (χ3n) is 13.8. The van der Waals surface area contributed by atoms with E-state index in [1.54, 1.807) is 32.6 Å². The molecule has 4 saturated carbocycles. The fraction of sp³-hybridized carbons (Fsp3) is 0.636. The Balaban J connectivity index is 1.23. The van der Waals surface area contributed by atoms with Crippen LogP contribution in [0.1, 0.15) is 110 Å². The van der Waals surface area contributed by atoms with E-state index in [9.17, 15) is 19.2 Å². The molecule has 4 aliphatic rings. The van der Waals surface area contributed by atoms with Crippen molar-refractivity contribution in [3.8, 4) is 0 Å². The molecule has 0 spiro atoms. The molecule has 282 valence electrons. The van der Waals surface area contributed by atoms with E-state index in [0.717, 1.165) is 49.7 Å². The number of hydrogen-bond donors (Lipinski definition) is 2. The number of alkyl carbamates (subject to hydrolysis) is 1. The van der Waals surface area contributed by atoms with Crippen LogP contribution in [0, 0.1) is 40.4 Å². The molecule has 4 aliphatic carbocycles. The van der Waals surface area contributed by atoms with Crippen LogP contribution in [0.3, 0.4) is 0 Å². The summed E-state index contributed by atoms with van der Waals surface area (Å²) < 4.78 is 5.62. The molecule has 0 unspecified atom stereocenters. The van der Waals surface area contributed by atoms with Gasteiger partial charge < -0.3 is 20.3 Å². The van der Waals surface area contributed by atoms with Crippen molar-refractivity contribution in [1.29, 1.82) is 0 Å². The van der Waals surface area contributed by atoms with E-state index < -0.39 is 17.7 Å². The minimum Gasteiger partial charge on any atom is -0.444 e. The van der Waals surface area contributed by atoms with E-state index in [2.05, 4.69) is 24.5 Å². The van der Waals surface area contributed by atoms with Gasteiger partial charge in [-0.05, 0) is 131 Å². The summed E-state index contributed by atoms with van der Waals surface area (Å²) in [4.78, 5) is 56.1. The van der Waals surface area contributed by atoms with E-state index in [0.29, 0.717) is 42.4 Å². The zero-order valence-corrected chi connectivity index (χ0v) is 32.3. The second-order valence-corrected chi connectivity index (χ2v) is 18.0. The van der Waals surface area contributed by atoms with E-state index in [1.807, 2.05) is 60.7 Å². The standard InChI is InChI=1S/C44H61N3O5/c1-29(48)35-19-20-36-34-18-17-32-26-33(21-23-43(32,5)37(34)22-24-44(35,36)6)47(28-39(49)45-27-31-15-11-8-12-16-31)40(50)38(25-30-13-9-7-10-14-30)46-41(51)52-42(2,3)4/h7-16,32-38H,17-28H2,1-6H3,(H,45,49)(H,46,51)/t32-,33+,34-,35+,36-,37-,38+,43-,44+/m0/s1. The van der Waals surface area contributed by atoms with Gasteiger partial charge in [0.15, 0.2) is 0 Å². The Morgan fingerprint density at radius 2 is 1.46 bits per heavy atom. The van der Waals surface area contributed by atoms with Gasteiger partial charge in [0.2, 0.25) is 11.8 Å². The number of ether oxygens (including phenoxy) is 1. The summed E-state index contributed by atoms with van der Waals surface area (Å²) in [6, 6.07) is 18.5. The third kappa shape index (κ3) is 8.11. The lowest BCUT2D eigenvalue weighted by Gasteiger charge is -2.61. The molecule has 0 saturated heterocycles. The monoisotopic (exact) mass is 711 g/mol. The third-order valence-corrected chi connectivity index (χ3v) is 13.8. The van der Waals surface area contributed by atoms with Crippen LogP contribution in [0.2, 0.25) is 0 Å². The first-order chi connectivity index (χ1) is 24.7. The Bertz CT molecular complexity index is 1590. The molecule has 8 nitrogen and oxygen atoms in total. The van der Waals surface area contributed by atoms with Crippen molar-refractivity contribution in [1.82, 2.24) is 15.5 Å². The molecule has 0 radical (unpaired) electrons. The quantitative estimate of drug-likeness (QED) is 0.261.